The van der Waals surface area contributed by atoms with Crippen LogP contribution < -0.4 is 0 Å². The van der Waals surface area contributed by atoms with E-state index in [1.165, 1.54) is 12.0 Å². The Morgan fingerprint density at radius 2 is 1.57 bits per heavy atom. The average Bonchev–Trinajstić information content (AvgIpc) is 2.77. The van der Waals surface area contributed by atoms with E-state index in [-0.39, 0.29) is 23.4 Å². The van der Waals surface area contributed by atoms with E-state index in [4.69, 9.17) is 0 Å². The molecule has 2 aliphatic heterocycles. The predicted octanol–water partition coefficient (Wildman–Crippen LogP) is 4.81. The van der Waals surface area contributed by atoms with Crippen LogP contribution in [0.3, 0.4) is 0 Å². The van der Waals surface area contributed by atoms with Gasteiger partial charge in [0.2, 0.25) is 5.91 Å². The van der Waals surface area contributed by atoms with Crippen LogP contribution in [0.25, 0.3) is 0 Å². The SMILES string of the molecule is Cc1cccc(C)c1C(=O)N1CCC(C)(N2CC(N(Cc3ccccc3)C(=O)C3CCC3)C2)CC1. The van der Waals surface area contributed by atoms with Crippen LogP contribution in [0.15, 0.2) is 48.5 Å². The minimum atomic E-state index is 0.0893. The van der Waals surface area contributed by atoms with Crippen molar-refractivity contribution in [3.63, 3.8) is 0 Å². The Hall–Kier alpha value is -2.66. The average molecular weight is 474 g/mol. The summed E-state index contributed by atoms with van der Waals surface area (Å²) >= 11 is 0. The third kappa shape index (κ3) is 4.75. The molecule has 0 N–H and O–H groups in total. The number of rotatable bonds is 6. The topological polar surface area (TPSA) is 43.9 Å². The molecule has 0 bridgehead atoms. The maximum atomic E-state index is 13.3. The fourth-order valence-electron chi connectivity index (χ4n) is 5.97. The first kappa shape index (κ1) is 24.1. The molecule has 0 unspecified atom stereocenters. The van der Waals surface area contributed by atoms with Gasteiger partial charge in [0.05, 0.1) is 6.04 Å². The van der Waals surface area contributed by atoms with Gasteiger partial charge in [0.15, 0.2) is 0 Å². The number of hydrogen-bond acceptors (Lipinski definition) is 3. The Balaban J connectivity index is 1.20. The van der Waals surface area contributed by atoms with Crippen LogP contribution in [0, 0.1) is 19.8 Å². The summed E-state index contributed by atoms with van der Waals surface area (Å²) in [4.78, 5) is 33.3. The quantitative estimate of drug-likeness (QED) is 0.605. The summed E-state index contributed by atoms with van der Waals surface area (Å²) in [6.07, 6.45) is 5.23. The summed E-state index contributed by atoms with van der Waals surface area (Å²) in [6.45, 7) is 10.6. The lowest BCUT2D eigenvalue weighted by Crippen LogP contribution is -2.69. The molecule has 2 amide bonds. The predicted molar refractivity (Wildman–Crippen MR) is 139 cm³/mol. The van der Waals surface area contributed by atoms with E-state index >= 15 is 0 Å². The van der Waals surface area contributed by atoms with E-state index < -0.39 is 0 Å². The van der Waals surface area contributed by atoms with Crippen LogP contribution in [0.4, 0.5) is 0 Å². The molecule has 35 heavy (non-hydrogen) atoms. The van der Waals surface area contributed by atoms with Crippen LogP contribution in [0.1, 0.15) is 66.1 Å². The van der Waals surface area contributed by atoms with Gasteiger partial charge in [0.25, 0.3) is 5.91 Å². The van der Waals surface area contributed by atoms with Crippen molar-refractivity contribution in [1.82, 2.24) is 14.7 Å². The minimum Gasteiger partial charge on any atom is -0.338 e. The first-order valence-corrected chi connectivity index (χ1v) is 13.3. The molecule has 0 aromatic heterocycles. The second-order valence-corrected chi connectivity index (χ2v) is 11.2. The highest BCUT2D eigenvalue weighted by molar-refractivity contribution is 5.97. The highest BCUT2D eigenvalue weighted by Gasteiger charge is 2.46. The summed E-state index contributed by atoms with van der Waals surface area (Å²) in [5.41, 5.74) is 4.29. The van der Waals surface area contributed by atoms with Crippen molar-refractivity contribution in [2.45, 2.75) is 71.0 Å². The van der Waals surface area contributed by atoms with Gasteiger partial charge in [-0.2, -0.15) is 0 Å². The Kier molecular flexibility index (Phi) is 6.71. The standard InChI is InChI=1S/C30H39N3O2/c1-22-9-7-10-23(2)27(22)29(35)31-17-15-30(3,16-18-31)32-20-26(21-32)33(28(34)25-13-8-14-25)19-24-11-5-4-6-12-24/h4-7,9-12,25-26H,8,13-21H2,1-3H3. The van der Waals surface area contributed by atoms with Gasteiger partial charge >= 0.3 is 0 Å². The van der Waals surface area contributed by atoms with Gasteiger partial charge in [-0.3, -0.25) is 14.5 Å². The van der Waals surface area contributed by atoms with Crippen molar-refractivity contribution in [2.24, 2.45) is 5.92 Å². The number of benzene rings is 2. The molecular formula is C30H39N3O2. The van der Waals surface area contributed by atoms with Gasteiger partial charge in [-0.15, -0.1) is 0 Å². The zero-order valence-corrected chi connectivity index (χ0v) is 21.5. The number of piperidine rings is 1. The summed E-state index contributed by atoms with van der Waals surface area (Å²) < 4.78 is 0. The molecule has 0 spiro atoms. The molecule has 0 atom stereocenters. The number of carbonyl (C=O) groups excluding carboxylic acids is 2. The maximum Gasteiger partial charge on any atom is 0.254 e. The van der Waals surface area contributed by atoms with E-state index in [1.54, 1.807) is 0 Å². The number of hydrogen-bond donors (Lipinski definition) is 0. The fourth-order valence-corrected chi connectivity index (χ4v) is 5.97. The van der Waals surface area contributed by atoms with Gasteiger partial charge < -0.3 is 9.80 Å². The molecule has 5 rings (SSSR count). The van der Waals surface area contributed by atoms with Crippen LogP contribution >= 0.6 is 0 Å². The number of nitrogens with zero attached hydrogens (tertiary/aromatic N) is 3. The second kappa shape index (κ2) is 9.77. The van der Waals surface area contributed by atoms with E-state index in [9.17, 15) is 9.59 Å². The monoisotopic (exact) mass is 473 g/mol. The van der Waals surface area contributed by atoms with E-state index in [0.29, 0.717) is 12.5 Å². The zero-order valence-electron chi connectivity index (χ0n) is 21.5. The van der Waals surface area contributed by atoms with Gasteiger partial charge in [0.1, 0.15) is 0 Å². The largest absolute Gasteiger partial charge is 0.338 e. The van der Waals surface area contributed by atoms with Crippen molar-refractivity contribution in [3.8, 4) is 0 Å². The first-order chi connectivity index (χ1) is 16.9. The summed E-state index contributed by atoms with van der Waals surface area (Å²) in [7, 11) is 0. The molecule has 1 aliphatic carbocycles. The normalized spacial score (nSPS) is 20.7. The molecule has 2 heterocycles. The highest BCUT2D eigenvalue weighted by Crippen LogP contribution is 2.36. The Morgan fingerprint density at radius 1 is 0.943 bits per heavy atom. The molecule has 5 nitrogen and oxygen atoms in total. The highest BCUT2D eigenvalue weighted by atomic mass is 16.2. The summed E-state index contributed by atoms with van der Waals surface area (Å²) in [5.74, 6) is 0.746. The summed E-state index contributed by atoms with van der Waals surface area (Å²) in [5, 5.41) is 0. The van der Waals surface area contributed by atoms with Crippen molar-refractivity contribution in [1.29, 1.82) is 0 Å². The van der Waals surface area contributed by atoms with E-state index in [0.717, 1.165) is 68.6 Å². The van der Waals surface area contributed by atoms with Gasteiger partial charge in [0, 0.05) is 49.7 Å². The van der Waals surface area contributed by atoms with Gasteiger partial charge in [-0.05, 0) is 63.1 Å². The molecule has 2 aromatic carbocycles. The van der Waals surface area contributed by atoms with Gasteiger partial charge in [-0.25, -0.2) is 0 Å². The fraction of sp³-hybridized carbons (Fsp3) is 0.533. The van der Waals surface area contributed by atoms with Crippen LogP contribution in [0.2, 0.25) is 0 Å². The molecule has 3 fully saturated rings. The molecule has 186 valence electrons. The maximum absolute atomic E-state index is 13.3. The molecular weight excluding hydrogens is 434 g/mol. The molecule has 0 radical (unpaired) electrons. The summed E-state index contributed by atoms with van der Waals surface area (Å²) in [6, 6.07) is 16.8. The van der Waals surface area contributed by atoms with Crippen molar-refractivity contribution >= 4 is 11.8 Å². The third-order valence-corrected chi connectivity index (χ3v) is 8.82. The van der Waals surface area contributed by atoms with E-state index in [2.05, 4.69) is 41.0 Å². The third-order valence-electron chi connectivity index (χ3n) is 8.82. The lowest BCUT2D eigenvalue weighted by Gasteiger charge is -2.56. The molecule has 5 heteroatoms. The number of amides is 2. The van der Waals surface area contributed by atoms with Crippen molar-refractivity contribution in [3.05, 3.63) is 70.8 Å². The van der Waals surface area contributed by atoms with Crippen molar-refractivity contribution in [2.75, 3.05) is 26.2 Å². The number of likely N-dealkylation sites (tertiary alicyclic amines) is 2. The first-order valence-electron chi connectivity index (χ1n) is 13.3. The lowest BCUT2D eigenvalue weighted by atomic mass is 9.82. The molecule has 1 saturated carbocycles. The van der Waals surface area contributed by atoms with E-state index in [1.807, 2.05) is 43.0 Å². The lowest BCUT2D eigenvalue weighted by molar-refractivity contribution is -0.149. The molecule has 2 saturated heterocycles. The number of aryl methyl sites for hydroxylation is 2. The smallest absolute Gasteiger partial charge is 0.254 e. The Labute approximate surface area is 210 Å². The Bertz CT molecular complexity index is 1040. The van der Waals surface area contributed by atoms with Crippen LogP contribution in [0.5, 0.6) is 0 Å². The molecule has 2 aromatic rings. The number of carbonyl (C=O) groups is 2. The van der Waals surface area contributed by atoms with Gasteiger partial charge in [-0.1, -0.05) is 55.0 Å². The minimum absolute atomic E-state index is 0.0893. The van der Waals surface area contributed by atoms with Crippen molar-refractivity contribution < 1.29 is 9.59 Å². The molecule has 3 aliphatic rings. The van der Waals surface area contributed by atoms with Crippen LogP contribution in [-0.2, 0) is 11.3 Å². The Morgan fingerprint density at radius 3 is 2.14 bits per heavy atom. The van der Waals surface area contributed by atoms with Crippen LogP contribution in [-0.4, -0.2) is 64.3 Å². The second-order valence-electron chi connectivity index (χ2n) is 11.2. The zero-order chi connectivity index (χ0) is 24.6.